The van der Waals surface area contributed by atoms with E-state index < -0.39 is 11.7 Å². The Kier molecular flexibility index (Phi) is 4.49. The molecular formula is C15H13FN2O2S. The van der Waals surface area contributed by atoms with Crippen LogP contribution in [-0.4, -0.2) is 16.1 Å². The number of hydrogen-bond acceptors (Lipinski definition) is 3. The van der Waals surface area contributed by atoms with E-state index in [9.17, 15) is 14.3 Å². The summed E-state index contributed by atoms with van der Waals surface area (Å²) in [4.78, 5) is 11.9. The molecule has 0 heterocycles. The Hall–Kier alpha value is -2.47. The molecule has 0 aliphatic heterocycles. The molecule has 2 aromatic rings. The number of amides is 1. The summed E-state index contributed by atoms with van der Waals surface area (Å²) in [6.45, 7) is 1.85. The van der Waals surface area contributed by atoms with Crippen LogP contribution in [0.4, 0.5) is 10.1 Å². The highest BCUT2D eigenvalue weighted by Gasteiger charge is 2.13. The van der Waals surface area contributed by atoms with Crippen LogP contribution in [0.3, 0.4) is 0 Å². The monoisotopic (exact) mass is 304 g/mol. The van der Waals surface area contributed by atoms with Crippen molar-refractivity contribution >= 4 is 28.9 Å². The van der Waals surface area contributed by atoms with Gasteiger partial charge in [-0.1, -0.05) is 18.2 Å². The fraction of sp³-hybridized carbons (Fsp3) is 0.0667. The van der Waals surface area contributed by atoms with Crippen LogP contribution in [0.5, 0.6) is 5.75 Å². The van der Waals surface area contributed by atoms with Gasteiger partial charge in [0.15, 0.2) is 5.11 Å². The average molecular weight is 304 g/mol. The summed E-state index contributed by atoms with van der Waals surface area (Å²) in [6, 6.07) is 10.5. The van der Waals surface area contributed by atoms with Crippen LogP contribution in [0.2, 0.25) is 0 Å². The van der Waals surface area contributed by atoms with Crippen LogP contribution < -0.4 is 10.6 Å². The third-order valence-corrected chi connectivity index (χ3v) is 2.95. The maximum Gasteiger partial charge on any atom is 0.260 e. The summed E-state index contributed by atoms with van der Waals surface area (Å²) in [6.07, 6.45) is 0. The number of nitrogens with one attached hydrogen (secondary N) is 2. The van der Waals surface area contributed by atoms with Crippen LogP contribution in [-0.2, 0) is 0 Å². The first-order valence-corrected chi connectivity index (χ1v) is 6.54. The predicted molar refractivity (Wildman–Crippen MR) is 82.9 cm³/mol. The lowest BCUT2D eigenvalue weighted by molar-refractivity contribution is 0.0974. The first kappa shape index (κ1) is 14.9. The molecule has 3 N–H and O–H groups in total. The molecule has 0 aliphatic carbocycles. The van der Waals surface area contributed by atoms with Crippen LogP contribution in [0.15, 0.2) is 42.5 Å². The number of halogens is 1. The minimum atomic E-state index is -0.655. The molecule has 108 valence electrons. The van der Waals surface area contributed by atoms with Gasteiger partial charge in [-0.15, -0.1) is 0 Å². The number of carbonyl (C=O) groups is 1. The number of rotatable bonds is 2. The second-order valence-corrected chi connectivity index (χ2v) is 4.82. The molecule has 0 unspecified atom stereocenters. The van der Waals surface area contributed by atoms with Crippen molar-refractivity contribution in [2.75, 3.05) is 5.32 Å². The fourth-order valence-corrected chi connectivity index (χ4v) is 1.92. The number of aryl methyl sites for hydroxylation is 1. The molecule has 1 amide bonds. The van der Waals surface area contributed by atoms with Gasteiger partial charge in [0.05, 0.1) is 11.3 Å². The Morgan fingerprint density at radius 1 is 1.24 bits per heavy atom. The zero-order valence-corrected chi connectivity index (χ0v) is 12.0. The van der Waals surface area contributed by atoms with E-state index in [2.05, 4.69) is 10.6 Å². The first-order chi connectivity index (χ1) is 9.97. The molecule has 0 atom stereocenters. The maximum absolute atomic E-state index is 13.5. The van der Waals surface area contributed by atoms with Crippen molar-refractivity contribution in [3.8, 4) is 5.75 Å². The van der Waals surface area contributed by atoms with Crippen molar-refractivity contribution in [3.63, 3.8) is 0 Å². The fourth-order valence-electron chi connectivity index (χ4n) is 1.72. The normalized spacial score (nSPS) is 10.0. The standard InChI is InChI=1S/C15H13FN2O2S/c1-9-6-7-13(19)12(8-9)17-15(21)18-14(20)10-4-2-3-5-11(10)16/h2-8,19H,1H3,(H2,17,18,20,21). The van der Waals surface area contributed by atoms with Crippen LogP contribution >= 0.6 is 12.2 Å². The van der Waals surface area contributed by atoms with Gasteiger partial charge in [0.25, 0.3) is 5.91 Å². The Morgan fingerprint density at radius 2 is 1.95 bits per heavy atom. The van der Waals surface area contributed by atoms with Gasteiger partial charge in [-0.05, 0) is 49.0 Å². The number of benzene rings is 2. The van der Waals surface area contributed by atoms with Crippen molar-refractivity contribution in [2.24, 2.45) is 0 Å². The van der Waals surface area contributed by atoms with E-state index in [4.69, 9.17) is 12.2 Å². The third kappa shape index (κ3) is 3.76. The largest absolute Gasteiger partial charge is 0.506 e. The average Bonchev–Trinajstić information content (AvgIpc) is 2.43. The van der Waals surface area contributed by atoms with E-state index in [0.717, 1.165) is 5.56 Å². The van der Waals surface area contributed by atoms with E-state index >= 15 is 0 Å². The summed E-state index contributed by atoms with van der Waals surface area (Å²) >= 11 is 4.98. The predicted octanol–water partition coefficient (Wildman–Crippen LogP) is 2.97. The van der Waals surface area contributed by atoms with Crippen LogP contribution in [0.25, 0.3) is 0 Å². The van der Waals surface area contributed by atoms with E-state index in [0.29, 0.717) is 5.69 Å². The molecule has 0 saturated carbocycles. The van der Waals surface area contributed by atoms with E-state index in [1.54, 1.807) is 18.2 Å². The Balaban J connectivity index is 2.07. The van der Waals surface area contributed by atoms with Crippen molar-refractivity contribution in [2.45, 2.75) is 6.92 Å². The zero-order chi connectivity index (χ0) is 15.4. The molecule has 6 heteroatoms. The van der Waals surface area contributed by atoms with E-state index in [-0.39, 0.29) is 16.4 Å². The number of phenols is 1. The van der Waals surface area contributed by atoms with Gasteiger partial charge < -0.3 is 10.4 Å². The Morgan fingerprint density at radius 3 is 2.67 bits per heavy atom. The summed E-state index contributed by atoms with van der Waals surface area (Å²) in [5.41, 5.74) is 1.18. The second-order valence-electron chi connectivity index (χ2n) is 4.41. The number of aromatic hydroxyl groups is 1. The van der Waals surface area contributed by atoms with Crippen LogP contribution in [0, 0.1) is 12.7 Å². The highest BCUT2D eigenvalue weighted by molar-refractivity contribution is 7.80. The topological polar surface area (TPSA) is 61.4 Å². The van der Waals surface area contributed by atoms with E-state index in [1.807, 2.05) is 6.92 Å². The third-order valence-electron chi connectivity index (χ3n) is 2.75. The van der Waals surface area contributed by atoms with Gasteiger partial charge in [-0.3, -0.25) is 10.1 Å². The number of hydrogen-bond donors (Lipinski definition) is 3. The van der Waals surface area contributed by atoms with Crippen molar-refractivity contribution in [3.05, 3.63) is 59.4 Å². The quantitative estimate of drug-likeness (QED) is 0.590. The molecule has 0 radical (unpaired) electrons. The summed E-state index contributed by atoms with van der Waals surface area (Å²) in [5.74, 6) is -1.28. The number of thiocarbonyl (C=S) groups is 1. The van der Waals surface area contributed by atoms with Crippen molar-refractivity contribution in [1.82, 2.24) is 5.32 Å². The van der Waals surface area contributed by atoms with E-state index in [1.165, 1.54) is 24.3 Å². The lowest BCUT2D eigenvalue weighted by Crippen LogP contribution is -2.34. The van der Waals surface area contributed by atoms with Crippen LogP contribution in [0.1, 0.15) is 15.9 Å². The molecule has 0 saturated heterocycles. The number of phenolic OH excluding ortho intramolecular Hbond substituents is 1. The minimum Gasteiger partial charge on any atom is -0.506 e. The molecule has 0 aromatic heterocycles. The summed E-state index contributed by atoms with van der Waals surface area (Å²) in [5, 5.41) is 14.7. The van der Waals surface area contributed by atoms with Gasteiger partial charge in [0.2, 0.25) is 0 Å². The molecule has 2 rings (SSSR count). The highest BCUT2D eigenvalue weighted by Crippen LogP contribution is 2.23. The van der Waals surface area contributed by atoms with Gasteiger partial charge >= 0.3 is 0 Å². The number of carbonyl (C=O) groups excluding carboxylic acids is 1. The summed E-state index contributed by atoms with van der Waals surface area (Å²) < 4.78 is 13.5. The lowest BCUT2D eigenvalue weighted by atomic mass is 10.2. The molecular weight excluding hydrogens is 291 g/mol. The molecule has 2 aromatic carbocycles. The molecule has 21 heavy (non-hydrogen) atoms. The zero-order valence-electron chi connectivity index (χ0n) is 11.2. The van der Waals surface area contributed by atoms with Crippen molar-refractivity contribution < 1.29 is 14.3 Å². The second kappa shape index (κ2) is 6.32. The first-order valence-electron chi connectivity index (χ1n) is 6.14. The van der Waals surface area contributed by atoms with Gasteiger partial charge in [0.1, 0.15) is 11.6 Å². The maximum atomic E-state index is 13.5. The van der Waals surface area contributed by atoms with Gasteiger partial charge in [-0.25, -0.2) is 4.39 Å². The summed E-state index contributed by atoms with van der Waals surface area (Å²) in [7, 11) is 0. The van der Waals surface area contributed by atoms with Gasteiger partial charge in [0, 0.05) is 0 Å². The molecule has 0 bridgehead atoms. The Labute approximate surface area is 126 Å². The van der Waals surface area contributed by atoms with Crippen molar-refractivity contribution in [1.29, 1.82) is 0 Å². The number of anilines is 1. The highest BCUT2D eigenvalue weighted by atomic mass is 32.1. The molecule has 0 aliphatic rings. The molecule has 0 spiro atoms. The minimum absolute atomic E-state index is 0.00286. The SMILES string of the molecule is Cc1ccc(O)c(NC(=S)NC(=O)c2ccccc2F)c1. The smallest absolute Gasteiger partial charge is 0.260 e. The molecule has 0 fully saturated rings. The molecule has 4 nitrogen and oxygen atoms in total. The Bertz CT molecular complexity index is 704. The van der Waals surface area contributed by atoms with Gasteiger partial charge in [-0.2, -0.15) is 0 Å². The lowest BCUT2D eigenvalue weighted by Gasteiger charge is -2.11.